The molecule has 0 bridgehead atoms. The SMILES string of the molecule is CC1(C)C2C(=O)N(CCCCCCCl)C(=O)C21. The number of hydrogen-bond donors (Lipinski definition) is 0. The van der Waals surface area contributed by atoms with Crippen LogP contribution in [0.4, 0.5) is 0 Å². The molecule has 1 heterocycles. The summed E-state index contributed by atoms with van der Waals surface area (Å²) in [7, 11) is 0. The van der Waals surface area contributed by atoms with E-state index in [1.54, 1.807) is 0 Å². The van der Waals surface area contributed by atoms with Crippen LogP contribution in [0.5, 0.6) is 0 Å². The fourth-order valence-electron chi connectivity index (χ4n) is 2.94. The van der Waals surface area contributed by atoms with Gasteiger partial charge in [-0.3, -0.25) is 14.5 Å². The lowest BCUT2D eigenvalue weighted by Gasteiger charge is -2.20. The van der Waals surface area contributed by atoms with E-state index in [1.165, 1.54) is 4.90 Å². The van der Waals surface area contributed by atoms with E-state index in [-0.39, 0.29) is 29.1 Å². The summed E-state index contributed by atoms with van der Waals surface area (Å²) in [6.45, 7) is 4.62. The lowest BCUT2D eigenvalue weighted by Crippen LogP contribution is -2.36. The fourth-order valence-corrected chi connectivity index (χ4v) is 3.13. The first-order valence-electron chi connectivity index (χ1n) is 6.43. The number of rotatable bonds is 6. The van der Waals surface area contributed by atoms with Crippen LogP contribution in [0.2, 0.25) is 0 Å². The summed E-state index contributed by atoms with van der Waals surface area (Å²) in [6.07, 6.45) is 4.05. The smallest absolute Gasteiger partial charge is 0.233 e. The number of carbonyl (C=O) groups is 2. The first-order chi connectivity index (χ1) is 8.01. The van der Waals surface area contributed by atoms with Crippen molar-refractivity contribution < 1.29 is 9.59 Å². The highest BCUT2D eigenvalue weighted by molar-refractivity contribution is 6.17. The molecule has 1 saturated carbocycles. The van der Waals surface area contributed by atoms with Crippen molar-refractivity contribution in [2.75, 3.05) is 12.4 Å². The van der Waals surface area contributed by atoms with Gasteiger partial charge in [0.25, 0.3) is 0 Å². The monoisotopic (exact) mass is 257 g/mol. The molecular weight excluding hydrogens is 238 g/mol. The number of alkyl halides is 1. The number of likely N-dealkylation sites (tertiary alicyclic amines) is 1. The number of unbranched alkanes of at least 4 members (excludes halogenated alkanes) is 3. The summed E-state index contributed by atoms with van der Waals surface area (Å²) in [5.41, 5.74) is -0.0801. The normalized spacial score (nSPS) is 29.7. The predicted octanol–water partition coefficient (Wildman–Crippen LogP) is 2.43. The van der Waals surface area contributed by atoms with Crippen LogP contribution in [-0.4, -0.2) is 29.1 Å². The average Bonchev–Trinajstić information content (AvgIpc) is 2.74. The van der Waals surface area contributed by atoms with E-state index in [0.29, 0.717) is 12.4 Å². The average molecular weight is 258 g/mol. The number of imide groups is 1. The van der Waals surface area contributed by atoms with Gasteiger partial charge in [0.05, 0.1) is 11.8 Å². The number of hydrogen-bond acceptors (Lipinski definition) is 2. The van der Waals surface area contributed by atoms with E-state index in [2.05, 4.69) is 0 Å². The van der Waals surface area contributed by atoms with Gasteiger partial charge >= 0.3 is 0 Å². The Balaban J connectivity index is 1.77. The topological polar surface area (TPSA) is 37.4 Å². The molecule has 2 aliphatic rings. The summed E-state index contributed by atoms with van der Waals surface area (Å²) < 4.78 is 0. The van der Waals surface area contributed by atoms with Gasteiger partial charge in [-0.25, -0.2) is 0 Å². The molecule has 2 atom stereocenters. The molecule has 1 saturated heterocycles. The van der Waals surface area contributed by atoms with Gasteiger partial charge in [0, 0.05) is 12.4 Å². The molecule has 96 valence electrons. The maximum Gasteiger partial charge on any atom is 0.233 e. The van der Waals surface area contributed by atoms with Crippen LogP contribution in [-0.2, 0) is 9.59 Å². The molecule has 2 fully saturated rings. The van der Waals surface area contributed by atoms with Crippen molar-refractivity contribution in [2.24, 2.45) is 17.3 Å². The zero-order valence-corrected chi connectivity index (χ0v) is 11.3. The van der Waals surface area contributed by atoms with Crippen molar-refractivity contribution >= 4 is 23.4 Å². The van der Waals surface area contributed by atoms with Crippen molar-refractivity contribution in [3.05, 3.63) is 0 Å². The second-order valence-electron chi connectivity index (χ2n) is 5.71. The third-order valence-electron chi connectivity index (χ3n) is 4.16. The highest BCUT2D eigenvalue weighted by Gasteiger charge is 2.72. The Morgan fingerprint density at radius 3 is 2.12 bits per heavy atom. The number of carbonyl (C=O) groups excluding carboxylic acids is 2. The zero-order valence-electron chi connectivity index (χ0n) is 10.5. The van der Waals surface area contributed by atoms with Crippen LogP contribution in [0.25, 0.3) is 0 Å². The molecule has 0 N–H and O–H groups in total. The minimum Gasteiger partial charge on any atom is -0.282 e. The van der Waals surface area contributed by atoms with Gasteiger partial charge in [0.15, 0.2) is 0 Å². The quantitative estimate of drug-likeness (QED) is 0.416. The summed E-state index contributed by atoms with van der Waals surface area (Å²) in [4.78, 5) is 25.4. The number of piperidine rings is 1. The van der Waals surface area contributed by atoms with E-state index in [4.69, 9.17) is 11.6 Å². The number of nitrogens with zero attached hydrogens (tertiary/aromatic N) is 1. The largest absolute Gasteiger partial charge is 0.282 e. The van der Waals surface area contributed by atoms with Crippen molar-refractivity contribution in [1.29, 1.82) is 0 Å². The second-order valence-corrected chi connectivity index (χ2v) is 6.09. The Hall–Kier alpha value is -0.570. The Morgan fingerprint density at radius 2 is 1.59 bits per heavy atom. The molecule has 2 unspecified atom stereocenters. The van der Waals surface area contributed by atoms with E-state index in [1.807, 2.05) is 13.8 Å². The van der Waals surface area contributed by atoms with Crippen LogP contribution >= 0.6 is 11.6 Å². The predicted molar refractivity (Wildman–Crippen MR) is 66.7 cm³/mol. The van der Waals surface area contributed by atoms with Gasteiger partial charge in [-0.05, 0) is 18.3 Å². The minimum atomic E-state index is -0.0801. The van der Waals surface area contributed by atoms with E-state index < -0.39 is 0 Å². The third kappa shape index (κ3) is 2.10. The number of halogens is 1. The molecule has 2 rings (SSSR count). The number of fused-ring (bicyclic) bond motifs is 1. The fraction of sp³-hybridized carbons (Fsp3) is 0.846. The van der Waals surface area contributed by atoms with Crippen LogP contribution in [0.15, 0.2) is 0 Å². The number of amides is 2. The lowest BCUT2D eigenvalue weighted by atomic mass is 10.1. The van der Waals surface area contributed by atoms with Gasteiger partial charge in [-0.15, -0.1) is 11.6 Å². The second kappa shape index (κ2) is 4.60. The Labute approximate surface area is 107 Å². The molecule has 0 aromatic heterocycles. The van der Waals surface area contributed by atoms with E-state index in [0.717, 1.165) is 25.7 Å². The summed E-state index contributed by atoms with van der Waals surface area (Å²) >= 11 is 5.59. The molecule has 1 aliphatic carbocycles. The zero-order chi connectivity index (χ0) is 12.6. The molecule has 0 aromatic carbocycles. The Morgan fingerprint density at radius 1 is 1.06 bits per heavy atom. The molecule has 4 heteroatoms. The molecule has 0 aromatic rings. The van der Waals surface area contributed by atoms with Crippen molar-refractivity contribution in [1.82, 2.24) is 4.90 Å². The molecule has 0 radical (unpaired) electrons. The lowest BCUT2D eigenvalue weighted by molar-refractivity contribution is -0.143. The van der Waals surface area contributed by atoms with Crippen LogP contribution < -0.4 is 0 Å². The molecule has 3 nitrogen and oxygen atoms in total. The Kier molecular flexibility index (Phi) is 3.48. The maximum absolute atomic E-state index is 12.0. The van der Waals surface area contributed by atoms with E-state index >= 15 is 0 Å². The summed E-state index contributed by atoms with van der Waals surface area (Å²) in [5.74, 6) is 0.750. The minimum absolute atomic E-state index is 0.0298. The molecular formula is C13H20ClNO2. The third-order valence-corrected chi connectivity index (χ3v) is 4.42. The summed E-state index contributed by atoms with van der Waals surface area (Å²) in [5, 5.41) is 0. The highest BCUT2D eigenvalue weighted by atomic mass is 35.5. The summed E-state index contributed by atoms with van der Waals surface area (Å²) in [6, 6.07) is 0. The van der Waals surface area contributed by atoms with Crippen LogP contribution in [0.3, 0.4) is 0 Å². The van der Waals surface area contributed by atoms with Crippen molar-refractivity contribution in [2.45, 2.75) is 39.5 Å². The van der Waals surface area contributed by atoms with Gasteiger partial charge in [0.1, 0.15) is 0 Å². The molecule has 1 aliphatic heterocycles. The molecule has 2 amide bonds. The van der Waals surface area contributed by atoms with Gasteiger partial charge in [-0.2, -0.15) is 0 Å². The molecule has 0 spiro atoms. The van der Waals surface area contributed by atoms with Gasteiger partial charge in [0.2, 0.25) is 11.8 Å². The Bertz CT molecular complexity index is 316. The van der Waals surface area contributed by atoms with Gasteiger partial charge < -0.3 is 0 Å². The first kappa shape index (κ1) is 12.9. The molecule has 17 heavy (non-hydrogen) atoms. The highest BCUT2D eigenvalue weighted by Crippen LogP contribution is 2.63. The standard InChI is InChI=1S/C13H20ClNO2/c1-13(2)9-10(13)12(17)15(11(9)16)8-6-4-3-5-7-14/h9-10H,3-8H2,1-2H3. The van der Waals surface area contributed by atoms with Crippen LogP contribution in [0, 0.1) is 17.3 Å². The maximum atomic E-state index is 12.0. The van der Waals surface area contributed by atoms with E-state index in [9.17, 15) is 9.59 Å². The van der Waals surface area contributed by atoms with Crippen molar-refractivity contribution in [3.63, 3.8) is 0 Å². The van der Waals surface area contributed by atoms with Crippen LogP contribution in [0.1, 0.15) is 39.5 Å². The first-order valence-corrected chi connectivity index (χ1v) is 6.96. The van der Waals surface area contributed by atoms with Crippen molar-refractivity contribution in [3.8, 4) is 0 Å². The van der Waals surface area contributed by atoms with Gasteiger partial charge in [-0.1, -0.05) is 26.7 Å².